The molecule has 1 aliphatic carbocycles. The first-order valence-corrected chi connectivity index (χ1v) is 8.97. The summed E-state index contributed by atoms with van der Waals surface area (Å²) in [7, 11) is 1.78. The van der Waals surface area contributed by atoms with Crippen LogP contribution in [-0.4, -0.2) is 40.0 Å². The first kappa shape index (κ1) is 18.0. The summed E-state index contributed by atoms with van der Waals surface area (Å²) in [4.78, 5) is 18.7. The second-order valence-electron chi connectivity index (χ2n) is 7.46. The van der Waals surface area contributed by atoms with Crippen molar-refractivity contribution in [3.8, 4) is 0 Å². The largest absolute Gasteiger partial charge is 0.416 e. The highest BCUT2D eigenvalue weighted by atomic mass is 19.4. The number of nitrogens with one attached hydrogen (secondary N) is 1. The Bertz CT molecular complexity index is 837. The predicted octanol–water partition coefficient (Wildman–Crippen LogP) is 2.55. The molecule has 8 heteroatoms. The van der Waals surface area contributed by atoms with Crippen LogP contribution in [0.25, 0.3) is 0 Å². The van der Waals surface area contributed by atoms with Gasteiger partial charge in [0.1, 0.15) is 5.69 Å². The minimum Gasteiger partial charge on any atom is -0.340 e. The molecule has 2 aliphatic rings. The number of carbonyl (C=O) groups is 1. The van der Waals surface area contributed by atoms with Crippen LogP contribution in [0.5, 0.6) is 0 Å². The van der Waals surface area contributed by atoms with Gasteiger partial charge in [-0.05, 0) is 48.5 Å². The SMILES string of the molecule is Cn1cnc(C(=O)N(Cc2cccc(C(F)(F)F)c2)CC2C3CNCC32)c1. The van der Waals surface area contributed by atoms with Crippen LogP contribution in [0.4, 0.5) is 13.2 Å². The van der Waals surface area contributed by atoms with E-state index in [1.165, 1.54) is 6.07 Å². The average molecular weight is 378 g/mol. The van der Waals surface area contributed by atoms with Crippen LogP contribution in [-0.2, 0) is 19.8 Å². The molecule has 1 amide bonds. The molecule has 27 heavy (non-hydrogen) atoms. The Balaban J connectivity index is 1.55. The summed E-state index contributed by atoms with van der Waals surface area (Å²) < 4.78 is 40.7. The summed E-state index contributed by atoms with van der Waals surface area (Å²) in [5.41, 5.74) is 0.0872. The maximum atomic E-state index is 13.0. The molecule has 1 saturated heterocycles. The Hall–Kier alpha value is -2.35. The Labute approximate surface area is 155 Å². The summed E-state index contributed by atoms with van der Waals surface area (Å²) in [5, 5.41) is 3.32. The van der Waals surface area contributed by atoms with E-state index in [1.807, 2.05) is 0 Å². The number of hydrogen-bond acceptors (Lipinski definition) is 3. The van der Waals surface area contributed by atoms with E-state index in [1.54, 1.807) is 35.1 Å². The third kappa shape index (κ3) is 3.71. The van der Waals surface area contributed by atoms with Crippen LogP contribution in [0.3, 0.4) is 0 Å². The quantitative estimate of drug-likeness (QED) is 0.870. The molecule has 1 N–H and O–H groups in total. The van der Waals surface area contributed by atoms with Crippen LogP contribution in [0.2, 0.25) is 0 Å². The number of alkyl halides is 3. The van der Waals surface area contributed by atoms with Gasteiger partial charge in [0.2, 0.25) is 0 Å². The van der Waals surface area contributed by atoms with Gasteiger partial charge in [-0.15, -0.1) is 0 Å². The highest BCUT2D eigenvalue weighted by Gasteiger charge is 2.53. The Morgan fingerprint density at radius 2 is 2.07 bits per heavy atom. The fourth-order valence-corrected chi connectivity index (χ4v) is 4.04. The van der Waals surface area contributed by atoms with Crippen LogP contribution in [0.15, 0.2) is 36.8 Å². The van der Waals surface area contributed by atoms with Gasteiger partial charge >= 0.3 is 6.18 Å². The van der Waals surface area contributed by atoms with Crippen molar-refractivity contribution >= 4 is 5.91 Å². The maximum Gasteiger partial charge on any atom is 0.416 e. The van der Waals surface area contributed by atoms with E-state index in [0.717, 1.165) is 25.2 Å². The third-order valence-corrected chi connectivity index (χ3v) is 5.54. The topological polar surface area (TPSA) is 50.2 Å². The van der Waals surface area contributed by atoms with Crippen LogP contribution in [0, 0.1) is 17.8 Å². The highest BCUT2D eigenvalue weighted by molar-refractivity contribution is 5.92. The molecule has 0 bridgehead atoms. The number of benzene rings is 1. The number of aryl methyl sites for hydroxylation is 1. The molecular weight excluding hydrogens is 357 g/mol. The van der Waals surface area contributed by atoms with Crippen LogP contribution >= 0.6 is 0 Å². The maximum absolute atomic E-state index is 13.0. The summed E-state index contributed by atoms with van der Waals surface area (Å²) >= 11 is 0. The number of halogens is 3. The molecule has 144 valence electrons. The van der Waals surface area contributed by atoms with E-state index < -0.39 is 11.7 Å². The molecule has 1 aromatic heterocycles. The standard InChI is InChI=1S/C19H21F3N4O/c1-25-10-17(24-11-25)18(27)26(9-16-14-6-23-7-15(14)16)8-12-3-2-4-13(5-12)19(20,21)22/h2-5,10-11,14-16,23H,6-9H2,1H3. The Morgan fingerprint density at radius 3 is 2.70 bits per heavy atom. The van der Waals surface area contributed by atoms with Crippen molar-refractivity contribution in [2.24, 2.45) is 24.8 Å². The zero-order chi connectivity index (χ0) is 19.2. The van der Waals surface area contributed by atoms with Gasteiger partial charge in [0.05, 0.1) is 11.9 Å². The first-order valence-electron chi connectivity index (χ1n) is 8.97. The third-order valence-electron chi connectivity index (χ3n) is 5.54. The molecule has 1 aromatic carbocycles. The molecule has 2 aromatic rings. The van der Waals surface area contributed by atoms with Gasteiger partial charge in [-0.3, -0.25) is 4.79 Å². The molecule has 4 rings (SSSR count). The van der Waals surface area contributed by atoms with E-state index >= 15 is 0 Å². The number of piperidine rings is 1. The molecule has 1 saturated carbocycles. The van der Waals surface area contributed by atoms with Crippen molar-refractivity contribution in [2.45, 2.75) is 12.7 Å². The lowest BCUT2D eigenvalue weighted by molar-refractivity contribution is -0.137. The zero-order valence-electron chi connectivity index (χ0n) is 14.9. The van der Waals surface area contributed by atoms with E-state index in [9.17, 15) is 18.0 Å². The number of imidazole rings is 1. The van der Waals surface area contributed by atoms with Gasteiger partial charge in [-0.1, -0.05) is 12.1 Å². The Kier molecular flexibility index (Phi) is 4.46. The second-order valence-corrected chi connectivity index (χ2v) is 7.46. The number of fused-ring (bicyclic) bond motifs is 1. The Morgan fingerprint density at radius 1 is 1.33 bits per heavy atom. The first-order chi connectivity index (χ1) is 12.8. The monoisotopic (exact) mass is 378 g/mol. The van der Waals surface area contributed by atoms with Gasteiger partial charge in [-0.2, -0.15) is 13.2 Å². The minimum absolute atomic E-state index is 0.142. The zero-order valence-corrected chi connectivity index (χ0v) is 14.9. The summed E-state index contributed by atoms with van der Waals surface area (Å²) in [6.07, 6.45) is -1.22. The number of rotatable bonds is 5. The summed E-state index contributed by atoms with van der Waals surface area (Å²) in [6.45, 7) is 2.58. The van der Waals surface area contributed by atoms with E-state index in [4.69, 9.17) is 0 Å². The number of hydrogen-bond donors (Lipinski definition) is 1. The molecule has 1 aliphatic heterocycles. The number of amides is 1. The number of carbonyl (C=O) groups excluding carboxylic acids is 1. The van der Waals surface area contributed by atoms with Crippen molar-refractivity contribution in [1.82, 2.24) is 19.8 Å². The van der Waals surface area contributed by atoms with Gasteiger partial charge in [-0.25, -0.2) is 4.98 Å². The van der Waals surface area contributed by atoms with Crippen molar-refractivity contribution < 1.29 is 18.0 Å². The van der Waals surface area contributed by atoms with Gasteiger partial charge in [0.15, 0.2) is 0 Å². The average Bonchev–Trinajstić information content (AvgIpc) is 2.98. The highest BCUT2D eigenvalue weighted by Crippen LogP contribution is 2.49. The molecule has 5 nitrogen and oxygen atoms in total. The predicted molar refractivity (Wildman–Crippen MR) is 92.7 cm³/mol. The van der Waals surface area contributed by atoms with Crippen molar-refractivity contribution in [3.05, 3.63) is 53.6 Å². The van der Waals surface area contributed by atoms with E-state index in [2.05, 4.69) is 10.3 Å². The minimum atomic E-state index is -4.40. The van der Waals surface area contributed by atoms with Crippen LogP contribution in [0.1, 0.15) is 21.6 Å². The fourth-order valence-electron chi connectivity index (χ4n) is 4.04. The normalized spacial score (nSPS) is 23.9. The van der Waals surface area contributed by atoms with Gasteiger partial charge in [0.25, 0.3) is 5.91 Å². The van der Waals surface area contributed by atoms with E-state index in [0.29, 0.717) is 35.6 Å². The number of aromatic nitrogens is 2. The molecule has 2 fully saturated rings. The van der Waals surface area contributed by atoms with Gasteiger partial charge in [0, 0.05) is 26.3 Å². The van der Waals surface area contributed by atoms with Crippen molar-refractivity contribution in [3.63, 3.8) is 0 Å². The second kappa shape index (κ2) is 6.67. The molecule has 2 atom stereocenters. The number of nitrogens with zero attached hydrogens (tertiary/aromatic N) is 3. The molecule has 2 unspecified atom stereocenters. The molecule has 0 spiro atoms. The summed E-state index contributed by atoms with van der Waals surface area (Å²) in [6, 6.07) is 5.18. The lowest BCUT2D eigenvalue weighted by Crippen LogP contribution is -2.34. The lowest BCUT2D eigenvalue weighted by Gasteiger charge is -2.23. The molecule has 2 heterocycles. The van der Waals surface area contributed by atoms with Crippen LogP contribution < -0.4 is 5.32 Å². The summed E-state index contributed by atoms with van der Waals surface area (Å²) in [5.74, 6) is 1.28. The van der Waals surface area contributed by atoms with Crippen molar-refractivity contribution in [1.29, 1.82) is 0 Å². The molecule has 0 radical (unpaired) electrons. The van der Waals surface area contributed by atoms with E-state index in [-0.39, 0.29) is 12.5 Å². The molecular formula is C19H21F3N4O. The smallest absolute Gasteiger partial charge is 0.340 e. The van der Waals surface area contributed by atoms with Gasteiger partial charge < -0.3 is 14.8 Å². The fraction of sp³-hybridized carbons (Fsp3) is 0.474. The lowest BCUT2D eigenvalue weighted by atomic mass is 10.1. The van der Waals surface area contributed by atoms with Crippen molar-refractivity contribution in [2.75, 3.05) is 19.6 Å².